The van der Waals surface area contributed by atoms with Crippen LogP contribution < -0.4 is 14.2 Å². The molecule has 3 aromatic heterocycles. The van der Waals surface area contributed by atoms with Gasteiger partial charge >= 0.3 is 5.97 Å². The number of fused-ring (bicyclic) bond motifs is 1. The molecule has 0 spiro atoms. The van der Waals surface area contributed by atoms with E-state index in [1.165, 1.54) is 29.8 Å². The lowest BCUT2D eigenvalue weighted by Gasteiger charge is -2.19. The molecule has 7 aromatic rings. The van der Waals surface area contributed by atoms with E-state index in [1.54, 1.807) is 55.8 Å². The van der Waals surface area contributed by atoms with Gasteiger partial charge < -0.3 is 29.5 Å². The van der Waals surface area contributed by atoms with Crippen molar-refractivity contribution in [3.63, 3.8) is 0 Å². The number of para-hydroxylation sites is 1. The second-order valence-corrected chi connectivity index (χ2v) is 14.0. The fraction of sp³-hybridized carbons (Fsp3) is 0.167. The fourth-order valence-electron chi connectivity index (χ4n) is 6.32. The van der Waals surface area contributed by atoms with E-state index < -0.39 is 17.9 Å². The Hall–Kier alpha value is -5.99. The third-order valence-corrected chi connectivity index (χ3v) is 10.8. The molecule has 0 aliphatic heterocycles. The number of carbonyl (C=O) groups is 1. The number of aliphatic carboxylic acids is 1. The van der Waals surface area contributed by atoms with E-state index in [1.807, 2.05) is 37.3 Å². The molecule has 4 aromatic carbocycles. The van der Waals surface area contributed by atoms with E-state index in [-0.39, 0.29) is 32.1 Å². The van der Waals surface area contributed by atoms with Crippen molar-refractivity contribution in [2.45, 2.75) is 39.3 Å². The summed E-state index contributed by atoms with van der Waals surface area (Å²) in [6, 6.07) is 23.7. The molecule has 0 aliphatic carbocycles. The highest BCUT2D eigenvalue weighted by Gasteiger charge is 2.28. The third kappa shape index (κ3) is 7.88. The van der Waals surface area contributed by atoms with Crippen LogP contribution >= 0.6 is 22.9 Å². The smallest absolute Gasteiger partial charge is 0.345 e. The summed E-state index contributed by atoms with van der Waals surface area (Å²) < 4.78 is 32.0. The quantitative estimate of drug-likeness (QED) is 0.0975. The maximum Gasteiger partial charge on any atom is 0.345 e. The van der Waals surface area contributed by atoms with Crippen LogP contribution in [0.25, 0.3) is 43.2 Å². The van der Waals surface area contributed by atoms with Gasteiger partial charge in [-0.1, -0.05) is 54.1 Å². The Morgan fingerprint density at radius 1 is 0.911 bits per heavy atom. The Kier molecular flexibility index (Phi) is 11.5. The Labute approximate surface area is 329 Å². The minimum Gasteiger partial charge on any atom is -0.496 e. The van der Waals surface area contributed by atoms with Crippen LogP contribution in [0.15, 0.2) is 97.5 Å². The molecule has 7 rings (SSSR count). The van der Waals surface area contributed by atoms with Gasteiger partial charge in [-0.2, -0.15) is 0 Å². The Bertz CT molecular complexity index is 2550. The lowest BCUT2D eigenvalue weighted by molar-refractivity contribution is -0.145. The monoisotopic (exact) mass is 792 g/mol. The van der Waals surface area contributed by atoms with E-state index in [0.717, 1.165) is 0 Å². The minimum atomic E-state index is -1.47. The molecule has 0 saturated heterocycles. The van der Waals surface area contributed by atoms with E-state index >= 15 is 0 Å². The second-order valence-electron chi connectivity index (χ2n) is 12.7. The Morgan fingerprint density at radius 3 is 2.46 bits per heavy atom. The number of hydrogen-bond acceptors (Lipinski definition) is 11. The zero-order chi connectivity index (χ0) is 39.3. The van der Waals surface area contributed by atoms with Crippen molar-refractivity contribution in [3.8, 4) is 50.3 Å². The number of rotatable bonds is 14. The summed E-state index contributed by atoms with van der Waals surface area (Å²) in [6.45, 7) is 1.30. The number of aliphatic hydroxyl groups excluding tert-OH is 2. The number of aromatic nitrogens is 4. The van der Waals surface area contributed by atoms with Gasteiger partial charge in [-0.25, -0.2) is 29.1 Å². The van der Waals surface area contributed by atoms with Gasteiger partial charge in [-0.15, -0.1) is 11.3 Å². The van der Waals surface area contributed by atoms with Crippen molar-refractivity contribution >= 4 is 39.1 Å². The van der Waals surface area contributed by atoms with Gasteiger partial charge in [0.1, 0.15) is 35.1 Å². The lowest BCUT2D eigenvalue weighted by atomic mass is 9.94. The number of nitrogens with zero attached hydrogens (tertiary/aromatic N) is 4. The highest BCUT2D eigenvalue weighted by molar-refractivity contribution is 7.22. The maximum absolute atomic E-state index is 14.0. The molecule has 3 heterocycles. The van der Waals surface area contributed by atoms with Crippen molar-refractivity contribution in [2.24, 2.45) is 0 Å². The molecule has 14 heteroatoms. The molecule has 0 bridgehead atoms. The molecule has 1 atom stereocenters. The zero-order valence-corrected chi connectivity index (χ0v) is 31.6. The number of hydrogen-bond donors (Lipinski definition) is 3. The number of carboxylic acid groups (broad SMARTS) is 1. The van der Waals surface area contributed by atoms with Gasteiger partial charge in [-0.3, -0.25) is 0 Å². The average molecular weight is 793 g/mol. The summed E-state index contributed by atoms with van der Waals surface area (Å²) in [5.74, 6) is -0.225. The Balaban J connectivity index is 1.25. The molecule has 0 fully saturated rings. The number of methoxy groups -OCH3 is 1. The molecule has 1 unspecified atom stereocenters. The summed E-state index contributed by atoms with van der Waals surface area (Å²) in [5, 5.41) is 31.2. The summed E-state index contributed by atoms with van der Waals surface area (Å²) in [4.78, 5) is 32.1. The molecular weight excluding hydrogens is 759 g/mol. The van der Waals surface area contributed by atoms with Gasteiger partial charge in [-0.05, 0) is 82.8 Å². The minimum absolute atomic E-state index is 0.00871. The SMILES string of the molecule is COc1ccccc1-c1nccc(COc2ccc(CO)cc2CC(Oc2ncnc3sc(-c4ccc(F)cc4)c(-c4ccc(CO)c(Cl)c4C)c23)C(=O)O)n1. The van der Waals surface area contributed by atoms with Crippen LogP contribution in [0.2, 0.25) is 5.02 Å². The van der Waals surface area contributed by atoms with Gasteiger partial charge in [0.25, 0.3) is 0 Å². The summed E-state index contributed by atoms with van der Waals surface area (Å²) in [6.07, 6.45) is 1.28. The highest BCUT2D eigenvalue weighted by atomic mass is 35.5. The van der Waals surface area contributed by atoms with E-state index in [9.17, 15) is 24.5 Å². The first-order chi connectivity index (χ1) is 27.2. The molecule has 56 heavy (non-hydrogen) atoms. The standard InChI is InChI=1S/C42H34ClFN4O7S/c1-23-30(13-10-26(20-50)37(23)43)35-36-40(46-22-47-41(36)56-38(35)25-8-11-28(44)12-9-25)55-34(42(51)52)18-27-17-24(19-49)7-14-32(27)54-21-29-15-16-45-39(48-29)31-5-3-4-6-33(31)53-2/h3-17,22,34,49-50H,18-21H2,1-2H3,(H,51,52). The number of aliphatic hydroxyl groups is 2. The molecule has 284 valence electrons. The number of carboxylic acids is 1. The highest BCUT2D eigenvalue weighted by Crippen LogP contribution is 2.49. The predicted octanol–water partition coefficient (Wildman–Crippen LogP) is 8.23. The predicted molar refractivity (Wildman–Crippen MR) is 210 cm³/mol. The molecule has 3 N–H and O–H groups in total. The number of thiophene rings is 1. The van der Waals surface area contributed by atoms with E-state index in [2.05, 4.69) is 19.9 Å². The number of ether oxygens (including phenoxy) is 3. The molecule has 0 aliphatic rings. The van der Waals surface area contributed by atoms with Crippen LogP contribution in [0.5, 0.6) is 17.4 Å². The first-order valence-corrected chi connectivity index (χ1v) is 18.5. The van der Waals surface area contributed by atoms with Crippen LogP contribution in [0.3, 0.4) is 0 Å². The van der Waals surface area contributed by atoms with Crippen LogP contribution in [-0.2, 0) is 31.0 Å². The Morgan fingerprint density at radius 2 is 1.71 bits per heavy atom. The van der Waals surface area contributed by atoms with Crippen molar-refractivity contribution in [3.05, 3.63) is 136 Å². The number of benzene rings is 4. The molecule has 0 saturated carbocycles. The number of halogens is 2. The third-order valence-electron chi connectivity index (χ3n) is 9.14. The van der Waals surface area contributed by atoms with E-state index in [0.29, 0.717) is 87.6 Å². The zero-order valence-electron chi connectivity index (χ0n) is 30.1. The van der Waals surface area contributed by atoms with Crippen LogP contribution in [-0.4, -0.2) is 54.4 Å². The van der Waals surface area contributed by atoms with Crippen LogP contribution in [0.1, 0.15) is 27.9 Å². The van der Waals surface area contributed by atoms with Gasteiger partial charge in [0.15, 0.2) is 5.82 Å². The summed E-state index contributed by atoms with van der Waals surface area (Å²) in [7, 11) is 1.57. The summed E-state index contributed by atoms with van der Waals surface area (Å²) in [5.41, 5.74) is 5.46. The molecule has 0 amide bonds. The van der Waals surface area contributed by atoms with Crippen LogP contribution in [0, 0.1) is 12.7 Å². The van der Waals surface area contributed by atoms with Gasteiger partial charge in [0, 0.05) is 28.1 Å². The van der Waals surface area contributed by atoms with Crippen molar-refractivity contribution in [1.82, 2.24) is 19.9 Å². The fourth-order valence-corrected chi connectivity index (χ4v) is 7.70. The average Bonchev–Trinajstić information content (AvgIpc) is 3.61. The normalized spacial score (nSPS) is 11.8. The first kappa shape index (κ1) is 38.3. The van der Waals surface area contributed by atoms with Gasteiger partial charge in [0.05, 0.1) is 37.0 Å². The lowest BCUT2D eigenvalue weighted by Crippen LogP contribution is -2.30. The van der Waals surface area contributed by atoms with Gasteiger partial charge in [0.2, 0.25) is 12.0 Å². The summed E-state index contributed by atoms with van der Waals surface area (Å²) >= 11 is 8.02. The molecular formula is C42H34ClFN4O7S. The van der Waals surface area contributed by atoms with Crippen molar-refractivity contribution in [1.29, 1.82) is 0 Å². The largest absolute Gasteiger partial charge is 0.496 e. The molecule has 11 nitrogen and oxygen atoms in total. The second kappa shape index (κ2) is 16.8. The first-order valence-electron chi connectivity index (χ1n) is 17.3. The topological polar surface area (TPSA) is 157 Å². The van der Waals surface area contributed by atoms with Crippen molar-refractivity contribution < 1.29 is 38.7 Å². The van der Waals surface area contributed by atoms with Crippen molar-refractivity contribution in [2.75, 3.05) is 7.11 Å². The maximum atomic E-state index is 14.0. The molecule has 0 radical (unpaired) electrons. The van der Waals surface area contributed by atoms with Crippen LogP contribution in [0.4, 0.5) is 4.39 Å². The van der Waals surface area contributed by atoms with E-state index in [4.69, 9.17) is 25.8 Å².